The lowest BCUT2D eigenvalue weighted by atomic mass is 9.92. The van der Waals surface area contributed by atoms with Gasteiger partial charge in [0.25, 0.3) is 0 Å². The van der Waals surface area contributed by atoms with Crippen molar-refractivity contribution in [2.75, 3.05) is 26.7 Å². The van der Waals surface area contributed by atoms with Crippen molar-refractivity contribution in [2.24, 2.45) is 0 Å². The number of hydrogen-bond acceptors (Lipinski definition) is 3. The molecule has 1 N–H and O–H groups in total. The van der Waals surface area contributed by atoms with Crippen molar-refractivity contribution in [1.29, 1.82) is 0 Å². The van der Waals surface area contributed by atoms with Gasteiger partial charge >= 0.3 is 6.09 Å². The van der Waals surface area contributed by atoms with Gasteiger partial charge in [0, 0.05) is 13.1 Å². The number of ether oxygens (including phenoxy) is 1. The molecule has 5 nitrogen and oxygen atoms in total. The van der Waals surface area contributed by atoms with Crippen LogP contribution in [0.5, 0.6) is 0 Å². The lowest BCUT2D eigenvalue weighted by Gasteiger charge is -2.36. The van der Waals surface area contributed by atoms with E-state index in [-0.39, 0.29) is 11.8 Å². The Bertz CT molecular complexity index is 261. The molecule has 2 aliphatic heterocycles. The predicted octanol–water partition coefficient (Wildman–Crippen LogP) is 0.807. The van der Waals surface area contributed by atoms with Crippen molar-refractivity contribution in [2.45, 2.75) is 31.6 Å². The van der Waals surface area contributed by atoms with Gasteiger partial charge in [-0.15, -0.1) is 0 Å². The third-order valence-corrected chi connectivity index (χ3v) is 3.46. The van der Waals surface area contributed by atoms with Gasteiger partial charge in [-0.25, -0.2) is 4.79 Å². The second kappa shape index (κ2) is 3.64. The molecule has 0 saturated carbocycles. The highest BCUT2D eigenvalue weighted by atomic mass is 16.5. The molecule has 0 aromatic carbocycles. The second-order valence-electron chi connectivity index (χ2n) is 4.61. The van der Waals surface area contributed by atoms with Crippen LogP contribution in [0.25, 0.3) is 0 Å². The molecule has 0 radical (unpaired) electrons. The van der Waals surface area contributed by atoms with Crippen LogP contribution in [0.3, 0.4) is 0 Å². The summed E-state index contributed by atoms with van der Waals surface area (Å²) >= 11 is 0. The summed E-state index contributed by atoms with van der Waals surface area (Å²) in [6.07, 6.45) is 0.680. The number of rotatable bonds is 0. The third kappa shape index (κ3) is 1.94. The van der Waals surface area contributed by atoms with Crippen LogP contribution in [0.15, 0.2) is 0 Å². The largest absolute Gasteiger partial charge is 0.465 e. The minimum absolute atomic E-state index is 0.218. The predicted molar refractivity (Wildman–Crippen MR) is 54.7 cm³/mol. The lowest BCUT2D eigenvalue weighted by Crippen LogP contribution is -2.45. The summed E-state index contributed by atoms with van der Waals surface area (Å²) in [6.45, 7) is 4.30. The Kier molecular flexibility index (Phi) is 2.60. The molecule has 2 fully saturated rings. The van der Waals surface area contributed by atoms with Gasteiger partial charge in [-0.1, -0.05) is 0 Å². The summed E-state index contributed by atoms with van der Waals surface area (Å²) in [5.74, 6) is 0. The summed E-state index contributed by atoms with van der Waals surface area (Å²) in [5.41, 5.74) is -0.218. The zero-order valence-electron chi connectivity index (χ0n) is 9.27. The Morgan fingerprint density at radius 3 is 2.53 bits per heavy atom. The van der Waals surface area contributed by atoms with E-state index in [0.717, 1.165) is 25.9 Å². The minimum Gasteiger partial charge on any atom is -0.465 e. The Morgan fingerprint density at radius 1 is 1.47 bits per heavy atom. The van der Waals surface area contributed by atoms with Gasteiger partial charge < -0.3 is 14.7 Å². The average Bonchev–Trinajstić information content (AvgIpc) is 2.50. The monoisotopic (exact) mass is 214 g/mol. The molecule has 1 unspecified atom stereocenters. The van der Waals surface area contributed by atoms with Gasteiger partial charge in [0.05, 0.1) is 12.1 Å². The number of hydrogen-bond donors (Lipinski definition) is 1. The van der Waals surface area contributed by atoms with E-state index in [1.54, 1.807) is 6.92 Å². The zero-order valence-corrected chi connectivity index (χ0v) is 9.27. The number of likely N-dealkylation sites (tertiary alicyclic amines) is 1. The maximum Gasteiger partial charge on any atom is 0.409 e. The van der Waals surface area contributed by atoms with Gasteiger partial charge in [-0.05, 0) is 26.8 Å². The second-order valence-corrected chi connectivity index (χ2v) is 4.61. The van der Waals surface area contributed by atoms with Crippen LogP contribution in [-0.2, 0) is 4.74 Å². The molecule has 2 aliphatic rings. The van der Waals surface area contributed by atoms with E-state index < -0.39 is 6.09 Å². The minimum atomic E-state index is -0.877. The van der Waals surface area contributed by atoms with E-state index in [9.17, 15) is 4.79 Å². The highest BCUT2D eigenvalue weighted by molar-refractivity contribution is 5.65. The Hall–Kier alpha value is -0.810. The van der Waals surface area contributed by atoms with Gasteiger partial charge in [-0.2, -0.15) is 0 Å². The van der Waals surface area contributed by atoms with Crippen LogP contribution in [0.4, 0.5) is 4.79 Å². The molecule has 0 aliphatic carbocycles. The van der Waals surface area contributed by atoms with Crippen LogP contribution in [-0.4, -0.2) is 59.5 Å². The number of nitrogens with zero attached hydrogens (tertiary/aromatic N) is 2. The zero-order chi connectivity index (χ0) is 11.1. The molecule has 1 amide bonds. The summed E-state index contributed by atoms with van der Waals surface area (Å²) in [4.78, 5) is 14.6. The van der Waals surface area contributed by atoms with E-state index in [1.807, 2.05) is 0 Å². The summed E-state index contributed by atoms with van der Waals surface area (Å²) in [7, 11) is 2.08. The van der Waals surface area contributed by atoms with E-state index in [1.165, 1.54) is 4.90 Å². The van der Waals surface area contributed by atoms with Crippen molar-refractivity contribution < 1.29 is 14.6 Å². The molecule has 5 heteroatoms. The number of carboxylic acid groups (broad SMARTS) is 1. The van der Waals surface area contributed by atoms with Crippen LogP contribution < -0.4 is 0 Å². The number of carbonyl (C=O) groups is 1. The molecule has 0 aromatic heterocycles. The van der Waals surface area contributed by atoms with Crippen LogP contribution >= 0.6 is 0 Å². The maximum atomic E-state index is 10.9. The van der Waals surface area contributed by atoms with E-state index in [2.05, 4.69) is 11.9 Å². The summed E-state index contributed by atoms with van der Waals surface area (Å²) < 4.78 is 5.83. The number of amides is 1. The first kappa shape index (κ1) is 10.7. The molecule has 86 valence electrons. The topological polar surface area (TPSA) is 53.0 Å². The first-order valence-corrected chi connectivity index (χ1v) is 5.38. The van der Waals surface area contributed by atoms with Crippen molar-refractivity contribution in [1.82, 2.24) is 9.80 Å². The highest BCUT2D eigenvalue weighted by Crippen LogP contribution is 2.34. The highest BCUT2D eigenvalue weighted by Gasteiger charge is 2.46. The standard InChI is InChI=1S/C10H18N2O3/c1-8-12(9(13)14)7-10(15-8)3-5-11(2)6-4-10/h8H,3-7H2,1-2H3,(H,13,14). The number of piperidine rings is 1. The van der Waals surface area contributed by atoms with Gasteiger partial charge in [-0.3, -0.25) is 4.90 Å². The fraction of sp³-hybridized carbons (Fsp3) is 0.900. The first-order chi connectivity index (χ1) is 7.02. The average molecular weight is 214 g/mol. The smallest absolute Gasteiger partial charge is 0.409 e. The van der Waals surface area contributed by atoms with Crippen molar-refractivity contribution in [3.63, 3.8) is 0 Å². The summed E-state index contributed by atoms with van der Waals surface area (Å²) in [5, 5.41) is 8.99. The molecule has 0 bridgehead atoms. The summed E-state index contributed by atoms with van der Waals surface area (Å²) in [6, 6.07) is 0. The van der Waals surface area contributed by atoms with Gasteiger partial charge in [0.2, 0.25) is 0 Å². The quantitative estimate of drug-likeness (QED) is 0.648. The fourth-order valence-electron chi connectivity index (χ4n) is 2.43. The molecule has 0 aromatic rings. The molecular weight excluding hydrogens is 196 g/mol. The van der Waals surface area contributed by atoms with Crippen LogP contribution in [0.1, 0.15) is 19.8 Å². The first-order valence-electron chi connectivity index (χ1n) is 5.38. The molecule has 2 heterocycles. The molecule has 1 spiro atoms. The van der Waals surface area contributed by atoms with Crippen LogP contribution in [0.2, 0.25) is 0 Å². The van der Waals surface area contributed by atoms with Crippen molar-refractivity contribution in [3.05, 3.63) is 0 Å². The van der Waals surface area contributed by atoms with E-state index in [4.69, 9.17) is 9.84 Å². The lowest BCUT2D eigenvalue weighted by molar-refractivity contribution is -0.0723. The maximum absolute atomic E-state index is 10.9. The fourth-order valence-corrected chi connectivity index (χ4v) is 2.43. The molecule has 1 atom stereocenters. The molecule has 2 saturated heterocycles. The molecule has 15 heavy (non-hydrogen) atoms. The van der Waals surface area contributed by atoms with Crippen molar-refractivity contribution in [3.8, 4) is 0 Å². The Labute approximate surface area is 89.6 Å². The van der Waals surface area contributed by atoms with Crippen molar-refractivity contribution >= 4 is 6.09 Å². The molecular formula is C10H18N2O3. The SMILES string of the molecule is CC1OC2(CCN(C)CC2)CN1C(=O)O. The normalized spacial score (nSPS) is 31.1. The Morgan fingerprint density at radius 2 is 2.07 bits per heavy atom. The van der Waals surface area contributed by atoms with E-state index >= 15 is 0 Å². The van der Waals surface area contributed by atoms with E-state index in [0.29, 0.717) is 6.54 Å². The third-order valence-electron chi connectivity index (χ3n) is 3.46. The molecule has 2 rings (SSSR count). The van der Waals surface area contributed by atoms with Crippen LogP contribution in [0, 0.1) is 0 Å². The van der Waals surface area contributed by atoms with Gasteiger partial charge in [0.1, 0.15) is 6.23 Å². The Balaban J connectivity index is 2.04. The van der Waals surface area contributed by atoms with Gasteiger partial charge in [0.15, 0.2) is 0 Å².